The minimum Gasteiger partial charge on any atom is -0.495 e. The third-order valence-electron chi connectivity index (χ3n) is 5.44. The van der Waals surface area contributed by atoms with Crippen LogP contribution in [0.25, 0.3) is 0 Å². The third kappa shape index (κ3) is 8.51. The molecule has 0 bridgehead atoms. The molecule has 0 radical (unpaired) electrons. The molecule has 2 aromatic carbocycles. The number of carbonyl (C=O) groups excluding carboxylic acids is 2. The van der Waals surface area contributed by atoms with Crippen LogP contribution in [0.2, 0.25) is 0 Å². The summed E-state index contributed by atoms with van der Waals surface area (Å²) in [5.41, 5.74) is 0.573. The second kappa shape index (κ2) is 12.2. The largest absolute Gasteiger partial charge is 0.495 e. The summed E-state index contributed by atoms with van der Waals surface area (Å²) in [4.78, 5) is 27.6. The van der Waals surface area contributed by atoms with Gasteiger partial charge in [-0.1, -0.05) is 24.3 Å². The number of benzene rings is 2. The Labute approximate surface area is 213 Å². The average Bonchev–Trinajstić information content (AvgIpc) is 2.79. The van der Waals surface area contributed by atoms with Gasteiger partial charge in [0.15, 0.2) is 0 Å². The van der Waals surface area contributed by atoms with Crippen LogP contribution >= 0.6 is 0 Å². The lowest BCUT2D eigenvalue weighted by Crippen LogP contribution is -2.52. The first-order valence-corrected chi connectivity index (χ1v) is 13.5. The summed E-state index contributed by atoms with van der Waals surface area (Å²) in [6.45, 7) is 7.35. The van der Waals surface area contributed by atoms with E-state index >= 15 is 0 Å². The molecule has 2 amide bonds. The fraction of sp³-hybridized carbons (Fsp3) is 0.462. The van der Waals surface area contributed by atoms with Crippen molar-refractivity contribution in [2.45, 2.75) is 58.7 Å². The molecule has 0 aliphatic carbocycles. The number of hydrogen-bond acceptors (Lipinski definition) is 5. The lowest BCUT2D eigenvalue weighted by Gasteiger charge is -2.32. The van der Waals surface area contributed by atoms with Crippen LogP contribution in [0.3, 0.4) is 0 Å². The second-order valence-electron chi connectivity index (χ2n) is 9.67. The average molecular weight is 522 g/mol. The quantitative estimate of drug-likeness (QED) is 0.486. The van der Waals surface area contributed by atoms with E-state index in [-0.39, 0.29) is 37.7 Å². The first kappa shape index (κ1) is 29.1. The maximum Gasteiger partial charge on any atom is 0.242 e. The van der Waals surface area contributed by atoms with Gasteiger partial charge in [-0.15, -0.1) is 0 Å². The Morgan fingerprint density at radius 2 is 1.69 bits per heavy atom. The molecule has 8 nitrogen and oxygen atoms in total. The zero-order valence-corrected chi connectivity index (χ0v) is 22.6. The first-order valence-electron chi connectivity index (χ1n) is 11.7. The predicted molar refractivity (Wildman–Crippen MR) is 139 cm³/mol. The number of methoxy groups -OCH3 is 1. The van der Waals surface area contributed by atoms with Gasteiger partial charge in [-0.2, -0.15) is 0 Å². The number of ether oxygens (including phenoxy) is 1. The highest BCUT2D eigenvalue weighted by molar-refractivity contribution is 7.92. The second-order valence-corrected chi connectivity index (χ2v) is 11.6. The van der Waals surface area contributed by atoms with Gasteiger partial charge in [-0.3, -0.25) is 13.9 Å². The number of sulfonamides is 1. The van der Waals surface area contributed by atoms with Crippen molar-refractivity contribution in [2.24, 2.45) is 0 Å². The van der Waals surface area contributed by atoms with E-state index in [0.717, 1.165) is 6.26 Å². The molecule has 10 heteroatoms. The maximum absolute atomic E-state index is 13.4. The van der Waals surface area contributed by atoms with Gasteiger partial charge in [0.1, 0.15) is 17.6 Å². The van der Waals surface area contributed by atoms with Crippen molar-refractivity contribution in [3.8, 4) is 5.75 Å². The number of nitrogens with one attached hydrogen (secondary N) is 1. The Bertz CT molecular complexity index is 1150. The highest BCUT2D eigenvalue weighted by Gasteiger charge is 2.29. The Balaban J connectivity index is 2.21. The van der Waals surface area contributed by atoms with Gasteiger partial charge in [-0.05, 0) is 63.9 Å². The molecular weight excluding hydrogens is 485 g/mol. The van der Waals surface area contributed by atoms with E-state index in [1.807, 2.05) is 20.8 Å². The summed E-state index contributed by atoms with van der Waals surface area (Å²) in [6.07, 6.45) is 1.33. The summed E-state index contributed by atoms with van der Waals surface area (Å²) >= 11 is 0. The van der Waals surface area contributed by atoms with Crippen molar-refractivity contribution in [3.63, 3.8) is 0 Å². The molecule has 1 atom stereocenters. The molecule has 0 aromatic heterocycles. The van der Waals surface area contributed by atoms with Gasteiger partial charge in [-0.25, -0.2) is 12.8 Å². The summed E-state index contributed by atoms with van der Waals surface area (Å²) in [5, 5.41) is 2.88. The minimum atomic E-state index is -3.64. The van der Waals surface area contributed by atoms with Crippen molar-refractivity contribution in [1.29, 1.82) is 0 Å². The molecule has 198 valence electrons. The zero-order chi connectivity index (χ0) is 27.1. The van der Waals surface area contributed by atoms with E-state index in [2.05, 4.69) is 5.32 Å². The number of para-hydroxylation sites is 2. The van der Waals surface area contributed by atoms with Crippen LogP contribution in [-0.4, -0.2) is 56.6 Å². The zero-order valence-electron chi connectivity index (χ0n) is 21.7. The molecule has 36 heavy (non-hydrogen) atoms. The van der Waals surface area contributed by atoms with Gasteiger partial charge in [0.05, 0.1) is 19.1 Å². The van der Waals surface area contributed by atoms with E-state index in [4.69, 9.17) is 4.74 Å². The van der Waals surface area contributed by atoms with E-state index in [9.17, 15) is 22.4 Å². The molecule has 2 rings (SSSR count). The number of nitrogens with zero attached hydrogens (tertiary/aromatic N) is 2. The number of anilines is 1. The maximum atomic E-state index is 13.4. The first-order chi connectivity index (χ1) is 16.7. The van der Waals surface area contributed by atoms with Crippen LogP contribution < -0.4 is 14.4 Å². The molecule has 0 aliphatic rings. The number of hydrogen-bond donors (Lipinski definition) is 1. The van der Waals surface area contributed by atoms with Gasteiger partial charge in [0.2, 0.25) is 21.8 Å². The van der Waals surface area contributed by atoms with Crippen LogP contribution in [0.15, 0.2) is 48.5 Å². The highest BCUT2D eigenvalue weighted by atomic mass is 32.2. The van der Waals surface area contributed by atoms with Crippen LogP contribution in [0.1, 0.15) is 46.1 Å². The van der Waals surface area contributed by atoms with Gasteiger partial charge in [0.25, 0.3) is 0 Å². The number of halogens is 1. The Morgan fingerprint density at radius 3 is 2.25 bits per heavy atom. The molecule has 0 saturated heterocycles. The van der Waals surface area contributed by atoms with Crippen LogP contribution in [0, 0.1) is 5.82 Å². The molecule has 1 N–H and O–H groups in total. The number of amides is 2. The molecule has 0 fully saturated rings. The van der Waals surface area contributed by atoms with E-state index in [1.54, 1.807) is 43.3 Å². The number of carbonyl (C=O) groups is 2. The van der Waals surface area contributed by atoms with Crippen molar-refractivity contribution in [1.82, 2.24) is 10.2 Å². The normalized spacial score (nSPS) is 12.5. The van der Waals surface area contributed by atoms with Crippen molar-refractivity contribution in [2.75, 3.05) is 24.2 Å². The van der Waals surface area contributed by atoms with E-state index < -0.39 is 27.4 Å². The standard InChI is InChI=1S/C26H36FN3O5S/c1-19(25(32)28-26(2,3)4)29(18-20-13-15-21(27)16-14-20)24(31)12-9-17-30(36(6,33)34)22-10-7-8-11-23(22)35-5/h7-8,10-11,13-16,19H,9,12,17-18H2,1-6H3,(H,28,32). The highest BCUT2D eigenvalue weighted by Crippen LogP contribution is 2.29. The molecule has 0 aliphatic heterocycles. The van der Waals surface area contributed by atoms with Crippen molar-refractivity contribution < 1.29 is 27.1 Å². The van der Waals surface area contributed by atoms with E-state index in [0.29, 0.717) is 17.0 Å². The summed E-state index contributed by atoms with van der Waals surface area (Å²) in [5.74, 6) is -0.624. The van der Waals surface area contributed by atoms with Crippen LogP contribution in [-0.2, 0) is 26.2 Å². The van der Waals surface area contributed by atoms with Gasteiger partial charge < -0.3 is 15.0 Å². The summed E-state index contributed by atoms with van der Waals surface area (Å²) in [7, 11) is -2.18. The fourth-order valence-corrected chi connectivity index (χ4v) is 4.63. The smallest absolute Gasteiger partial charge is 0.242 e. The van der Waals surface area contributed by atoms with Crippen molar-refractivity contribution in [3.05, 3.63) is 59.9 Å². The summed E-state index contributed by atoms with van der Waals surface area (Å²) < 4.78 is 44.9. The Kier molecular flexibility index (Phi) is 9.86. The number of rotatable bonds is 11. The van der Waals surface area contributed by atoms with Gasteiger partial charge >= 0.3 is 0 Å². The molecule has 2 aromatic rings. The minimum absolute atomic E-state index is 0.00943. The fourth-order valence-electron chi connectivity index (χ4n) is 3.66. The predicted octanol–water partition coefficient (Wildman–Crippen LogP) is 3.71. The SMILES string of the molecule is COc1ccccc1N(CCCC(=O)N(Cc1ccc(F)cc1)C(C)C(=O)NC(C)(C)C)S(C)(=O)=O. The van der Waals surface area contributed by atoms with Crippen molar-refractivity contribution >= 4 is 27.5 Å². The Morgan fingerprint density at radius 1 is 1.08 bits per heavy atom. The van der Waals surface area contributed by atoms with E-state index in [1.165, 1.54) is 28.4 Å². The lowest BCUT2D eigenvalue weighted by atomic mass is 10.1. The lowest BCUT2D eigenvalue weighted by molar-refractivity contribution is -0.141. The molecule has 0 spiro atoms. The molecular formula is C26H36FN3O5S. The van der Waals surface area contributed by atoms with Gasteiger partial charge in [0, 0.05) is 25.0 Å². The monoisotopic (exact) mass is 521 g/mol. The Hall–Kier alpha value is -3.14. The molecule has 1 unspecified atom stereocenters. The van der Waals surface area contributed by atoms with Crippen LogP contribution in [0.5, 0.6) is 5.75 Å². The molecule has 0 heterocycles. The topological polar surface area (TPSA) is 96.0 Å². The molecule has 0 saturated carbocycles. The van der Waals surface area contributed by atoms with Crippen LogP contribution in [0.4, 0.5) is 10.1 Å². The summed E-state index contributed by atoms with van der Waals surface area (Å²) in [6, 6.07) is 11.7. The third-order valence-corrected chi connectivity index (χ3v) is 6.62.